The second-order valence-electron chi connectivity index (χ2n) is 6.92. The summed E-state index contributed by atoms with van der Waals surface area (Å²) in [5.41, 5.74) is 3.77. The Hall–Kier alpha value is -4.00. The maximum absolute atomic E-state index is 12.3. The predicted molar refractivity (Wildman–Crippen MR) is 111 cm³/mol. The highest BCUT2D eigenvalue weighted by molar-refractivity contribution is 6.03. The van der Waals surface area contributed by atoms with E-state index in [0.717, 1.165) is 16.7 Å². The van der Waals surface area contributed by atoms with Gasteiger partial charge < -0.3 is 10.1 Å². The van der Waals surface area contributed by atoms with Gasteiger partial charge >= 0.3 is 5.97 Å². The molecule has 150 valence electrons. The highest BCUT2D eigenvalue weighted by Crippen LogP contribution is 2.24. The minimum atomic E-state index is -0.614. The van der Waals surface area contributed by atoms with Gasteiger partial charge in [0, 0.05) is 29.1 Å². The number of rotatable bonds is 7. The molecule has 1 N–H and O–H groups in total. The molecule has 0 unspecified atom stereocenters. The lowest BCUT2D eigenvalue weighted by Gasteiger charge is -2.04. The molecule has 0 radical (unpaired) electrons. The van der Waals surface area contributed by atoms with Crippen LogP contribution in [-0.2, 0) is 27.3 Å². The fourth-order valence-electron chi connectivity index (χ4n) is 3.16. The Balaban J connectivity index is 1.29. The molecule has 0 saturated carbocycles. The number of fused-ring (bicyclic) bond motifs is 1. The molecule has 1 aromatic heterocycles. The van der Waals surface area contributed by atoms with Gasteiger partial charge in [0.25, 0.3) is 0 Å². The lowest BCUT2D eigenvalue weighted by Crippen LogP contribution is -2.12. The van der Waals surface area contributed by atoms with Crippen LogP contribution in [0.2, 0.25) is 0 Å². The van der Waals surface area contributed by atoms with E-state index in [-0.39, 0.29) is 24.7 Å². The molecule has 0 aliphatic carbocycles. The monoisotopic (exact) mass is 401 g/mol. The van der Waals surface area contributed by atoms with Crippen molar-refractivity contribution in [2.45, 2.75) is 13.0 Å². The summed E-state index contributed by atoms with van der Waals surface area (Å²) in [6.07, 6.45) is 6.58. The number of Topliss-reactive ketones (excluding diaryl/α,β-unsaturated/α-hetero) is 1. The molecule has 0 bridgehead atoms. The van der Waals surface area contributed by atoms with Gasteiger partial charge in [0.05, 0.1) is 19.2 Å². The number of carbonyl (C=O) groups is 3. The number of anilines is 1. The molecular weight excluding hydrogens is 382 g/mol. The average Bonchev–Trinajstić information content (AvgIpc) is 3.35. The maximum atomic E-state index is 12.3. The summed E-state index contributed by atoms with van der Waals surface area (Å²) in [5, 5.41) is 6.98. The Morgan fingerprint density at radius 1 is 1.17 bits per heavy atom. The molecule has 1 aliphatic rings. The summed E-state index contributed by atoms with van der Waals surface area (Å²) in [6.45, 7) is 0.270. The second-order valence-corrected chi connectivity index (χ2v) is 6.92. The smallest absolute Gasteiger partial charge is 0.331 e. The number of nitrogens with zero attached hydrogens (tertiary/aromatic N) is 2. The van der Waals surface area contributed by atoms with Crippen molar-refractivity contribution in [1.29, 1.82) is 0 Å². The summed E-state index contributed by atoms with van der Waals surface area (Å²) in [7, 11) is 0. The fourth-order valence-corrected chi connectivity index (χ4v) is 3.16. The zero-order chi connectivity index (χ0) is 20.9. The van der Waals surface area contributed by atoms with Crippen LogP contribution in [0.15, 0.2) is 67.0 Å². The van der Waals surface area contributed by atoms with E-state index >= 15 is 0 Å². The van der Waals surface area contributed by atoms with E-state index in [1.807, 2.05) is 36.5 Å². The van der Waals surface area contributed by atoms with Crippen molar-refractivity contribution in [3.8, 4) is 0 Å². The van der Waals surface area contributed by atoms with Crippen molar-refractivity contribution >= 4 is 29.4 Å². The summed E-state index contributed by atoms with van der Waals surface area (Å²) in [6, 6.07) is 14.9. The van der Waals surface area contributed by atoms with Crippen LogP contribution in [0.3, 0.4) is 0 Å². The summed E-state index contributed by atoms with van der Waals surface area (Å²) in [5.74, 6) is -1.04. The molecule has 4 rings (SSSR count). The topological polar surface area (TPSA) is 90.3 Å². The minimum absolute atomic E-state index is 0.0988. The number of ketones is 1. The molecule has 0 fully saturated rings. The van der Waals surface area contributed by atoms with Gasteiger partial charge in [-0.2, -0.15) is 5.10 Å². The Morgan fingerprint density at radius 2 is 2.00 bits per heavy atom. The minimum Gasteiger partial charge on any atom is -0.454 e. The van der Waals surface area contributed by atoms with E-state index in [1.165, 1.54) is 6.08 Å². The van der Waals surface area contributed by atoms with Gasteiger partial charge in [0.2, 0.25) is 5.91 Å². The van der Waals surface area contributed by atoms with Crippen LogP contribution in [-0.4, -0.2) is 34.0 Å². The largest absolute Gasteiger partial charge is 0.454 e. The molecule has 2 heterocycles. The number of aromatic nitrogens is 2. The number of hydrogen-bond acceptors (Lipinski definition) is 5. The molecule has 0 saturated heterocycles. The average molecular weight is 401 g/mol. The number of benzene rings is 2. The van der Waals surface area contributed by atoms with Crippen molar-refractivity contribution in [2.24, 2.45) is 0 Å². The van der Waals surface area contributed by atoms with Gasteiger partial charge in [-0.3, -0.25) is 14.3 Å². The number of ether oxygens (including phenoxy) is 1. The third kappa shape index (κ3) is 4.70. The third-order valence-corrected chi connectivity index (χ3v) is 4.65. The highest BCUT2D eigenvalue weighted by atomic mass is 16.5. The van der Waals surface area contributed by atoms with Gasteiger partial charge in [0.1, 0.15) is 0 Å². The zero-order valence-corrected chi connectivity index (χ0v) is 16.1. The standard InChI is InChI=1S/C23H19N3O4/c27-21(18-7-8-20-19(10-18)11-22(28)25-20)15-30-23(29)9-6-17-12-24-26(14-17)13-16-4-2-1-3-5-16/h1-10,12,14H,11,13,15H2,(H,25,28)/b9-6+. The predicted octanol–water partition coefficient (Wildman–Crippen LogP) is 2.87. The molecule has 7 heteroatoms. The Morgan fingerprint density at radius 3 is 2.83 bits per heavy atom. The summed E-state index contributed by atoms with van der Waals surface area (Å²) >= 11 is 0. The van der Waals surface area contributed by atoms with E-state index in [4.69, 9.17) is 4.74 Å². The van der Waals surface area contributed by atoms with Gasteiger partial charge in [-0.1, -0.05) is 30.3 Å². The number of nitrogens with one attached hydrogen (secondary N) is 1. The molecule has 0 atom stereocenters. The van der Waals surface area contributed by atoms with Crippen LogP contribution in [0.4, 0.5) is 5.69 Å². The molecule has 3 aromatic rings. The van der Waals surface area contributed by atoms with Crippen LogP contribution < -0.4 is 5.32 Å². The van der Waals surface area contributed by atoms with Crippen LogP contribution in [0.5, 0.6) is 0 Å². The molecule has 1 aliphatic heterocycles. The van der Waals surface area contributed by atoms with E-state index in [0.29, 0.717) is 17.8 Å². The molecule has 2 aromatic carbocycles. The van der Waals surface area contributed by atoms with Gasteiger partial charge in [-0.05, 0) is 35.4 Å². The fraction of sp³-hybridized carbons (Fsp3) is 0.130. The van der Waals surface area contributed by atoms with E-state index in [2.05, 4.69) is 10.4 Å². The van der Waals surface area contributed by atoms with E-state index in [9.17, 15) is 14.4 Å². The molecule has 30 heavy (non-hydrogen) atoms. The van der Waals surface area contributed by atoms with Crippen molar-refractivity contribution in [3.05, 3.63) is 89.3 Å². The first-order valence-corrected chi connectivity index (χ1v) is 9.44. The number of hydrogen-bond donors (Lipinski definition) is 1. The van der Waals surface area contributed by atoms with Gasteiger partial charge in [-0.25, -0.2) is 4.79 Å². The summed E-state index contributed by atoms with van der Waals surface area (Å²) < 4.78 is 6.81. The van der Waals surface area contributed by atoms with E-state index in [1.54, 1.807) is 35.2 Å². The van der Waals surface area contributed by atoms with Crippen molar-refractivity contribution in [1.82, 2.24) is 9.78 Å². The first-order valence-electron chi connectivity index (χ1n) is 9.44. The van der Waals surface area contributed by atoms with Crippen molar-refractivity contribution < 1.29 is 19.1 Å². The van der Waals surface area contributed by atoms with Crippen molar-refractivity contribution in [2.75, 3.05) is 11.9 Å². The highest BCUT2D eigenvalue weighted by Gasteiger charge is 2.19. The lowest BCUT2D eigenvalue weighted by molar-refractivity contribution is -0.136. The first-order chi connectivity index (χ1) is 14.6. The quantitative estimate of drug-likeness (QED) is 0.374. The Labute approximate surface area is 173 Å². The number of amides is 1. The van der Waals surface area contributed by atoms with E-state index < -0.39 is 5.97 Å². The van der Waals surface area contributed by atoms with Crippen LogP contribution in [0.25, 0.3) is 6.08 Å². The molecular formula is C23H19N3O4. The Bertz CT molecular complexity index is 1130. The van der Waals surface area contributed by atoms with Crippen LogP contribution in [0.1, 0.15) is 27.0 Å². The van der Waals surface area contributed by atoms with Crippen LogP contribution >= 0.6 is 0 Å². The number of esters is 1. The maximum Gasteiger partial charge on any atom is 0.331 e. The lowest BCUT2D eigenvalue weighted by atomic mass is 10.1. The van der Waals surface area contributed by atoms with Crippen LogP contribution in [0, 0.1) is 0 Å². The Kier molecular flexibility index (Phi) is 5.52. The molecule has 0 spiro atoms. The second kappa shape index (κ2) is 8.57. The third-order valence-electron chi connectivity index (χ3n) is 4.65. The SMILES string of the molecule is O=C1Cc2cc(C(=O)COC(=O)/C=C/c3cnn(Cc4ccccc4)c3)ccc2N1. The van der Waals surface area contributed by atoms with Gasteiger partial charge in [0.15, 0.2) is 12.4 Å². The van der Waals surface area contributed by atoms with Crippen molar-refractivity contribution in [3.63, 3.8) is 0 Å². The first kappa shape index (κ1) is 19.3. The zero-order valence-electron chi connectivity index (χ0n) is 16.1. The summed E-state index contributed by atoms with van der Waals surface area (Å²) in [4.78, 5) is 35.6. The number of carbonyl (C=O) groups excluding carboxylic acids is 3. The molecule has 1 amide bonds. The normalized spacial score (nSPS) is 12.6. The molecule has 7 nitrogen and oxygen atoms in total. The van der Waals surface area contributed by atoms with Gasteiger partial charge in [-0.15, -0.1) is 0 Å².